The predicted molar refractivity (Wildman–Crippen MR) is 75.8 cm³/mol. The summed E-state index contributed by atoms with van der Waals surface area (Å²) in [6.45, 7) is 8.33. The molecule has 0 radical (unpaired) electrons. The second-order valence-corrected chi connectivity index (χ2v) is 5.44. The Balaban J connectivity index is 2.60. The zero-order valence-corrected chi connectivity index (χ0v) is 12.4. The molecule has 1 rings (SSSR count). The lowest BCUT2D eigenvalue weighted by Crippen LogP contribution is -2.55. The third-order valence-electron chi connectivity index (χ3n) is 3.53. The molecule has 19 heavy (non-hydrogen) atoms. The molecule has 1 aliphatic heterocycles. The maximum absolute atomic E-state index is 12.5. The Labute approximate surface area is 116 Å². The molecule has 0 spiro atoms. The molecule has 2 N–H and O–H groups in total. The molecule has 5 nitrogen and oxygen atoms in total. The van der Waals surface area contributed by atoms with E-state index in [-0.39, 0.29) is 18.4 Å². The fraction of sp³-hybridized carbons (Fsp3) is 0.857. The van der Waals surface area contributed by atoms with Gasteiger partial charge in [-0.25, -0.2) is 0 Å². The fourth-order valence-electron chi connectivity index (χ4n) is 2.44. The van der Waals surface area contributed by atoms with Crippen LogP contribution in [0.15, 0.2) is 0 Å². The summed E-state index contributed by atoms with van der Waals surface area (Å²) in [7, 11) is 0. The monoisotopic (exact) mass is 269 g/mol. The van der Waals surface area contributed by atoms with Crippen LogP contribution < -0.4 is 10.6 Å². The van der Waals surface area contributed by atoms with Gasteiger partial charge in [-0.15, -0.1) is 0 Å². The summed E-state index contributed by atoms with van der Waals surface area (Å²) < 4.78 is 0. The van der Waals surface area contributed by atoms with Crippen LogP contribution in [0.2, 0.25) is 0 Å². The first-order valence-corrected chi connectivity index (χ1v) is 7.34. The molecule has 1 aliphatic rings. The van der Waals surface area contributed by atoms with Gasteiger partial charge >= 0.3 is 0 Å². The second-order valence-electron chi connectivity index (χ2n) is 5.44. The van der Waals surface area contributed by atoms with Crippen molar-refractivity contribution >= 4 is 11.8 Å². The first kappa shape index (κ1) is 16.0. The third kappa shape index (κ3) is 4.49. The van der Waals surface area contributed by atoms with Crippen molar-refractivity contribution in [3.63, 3.8) is 0 Å². The van der Waals surface area contributed by atoms with Gasteiger partial charge in [0.2, 0.25) is 11.8 Å². The Morgan fingerprint density at radius 3 is 2.58 bits per heavy atom. The van der Waals surface area contributed by atoms with E-state index in [0.717, 1.165) is 32.2 Å². The van der Waals surface area contributed by atoms with E-state index in [0.29, 0.717) is 13.1 Å². The molecule has 110 valence electrons. The molecule has 2 amide bonds. The molecule has 0 aliphatic carbocycles. The van der Waals surface area contributed by atoms with Crippen LogP contribution in [0.4, 0.5) is 0 Å². The summed E-state index contributed by atoms with van der Waals surface area (Å²) in [5, 5.41) is 6.09. The Kier molecular flexibility index (Phi) is 6.28. The minimum Gasteiger partial charge on any atom is -0.355 e. The summed E-state index contributed by atoms with van der Waals surface area (Å²) in [5.74, 6) is -0.0104. The zero-order valence-electron chi connectivity index (χ0n) is 12.4. The minimum absolute atomic E-state index is 0.0542. The van der Waals surface area contributed by atoms with Crippen LogP contribution in [0, 0.1) is 0 Å². The maximum atomic E-state index is 12.5. The number of rotatable bonds is 7. The Morgan fingerprint density at radius 2 is 2.05 bits per heavy atom. The number of carbonyl (C=O) groups excluding carboxylic acids is 2. The molecule has 1 atom stereocenters. The van der Waals surface area contributed by atoms with Crippen molar-refractivity contribution in [1.29, 1.82) is 0 Å². The summed E-state index contributed by atoms with van der Waals surface area (Å²) in [5.41, 5.74) is -0.486. The molecule has 0 saturated carbocycles. The smallest absolute Gasteiger partial charge is 0.243 e. The van der Waals surface area contributed by atoms with Gasteiger partial charge in [0.15, 0.2) is 0 Å². The molecule has 0 bridgehead atoms. The van der Waals surface area contributed by atoms with Crippen molar-refractivity contribution in [3.8, 4) is 0 Å². The van der Waals surface area contributed by atoms with Crippen molar-refractivity contribution in [2.24, 2.45) is 0 Å². The summed E-state index contributed by atoms with van der Waals surface area (Å²) in [6, 6.07) is 0. The van der Waals surface area contributed by atoms with Crippen LogP contribution in [-0.2, 0) is 9.59 Å². The molecule has 0 aromatic carbocycles. The number of hydrogen-bond acceptors (Lipinski definition) is 3. The number of nitrogens with one attached hydrogen (secondary N) is 2. The molecule has 1 fully saturated rings. The van der Waals surface area contributed by atoms with E-state index in [4.69, 9.17) is 0 Å². The number of carbonyl (C=O) groups is 2. The number of nitrogens with zero attached hydrogens (tertiary/aromatic N) is 1. The van der Waals surface area contributed by atoms with Crippen molar-refractivity contribution in [2.75, 3.05) is 26.2 Å². The third-order valence-corrected chi connectivity index (χ3v) is 3.53. The van der Waals surface area contributed by atoms with Gasteiger partial charge in [-0.1, -0.05) is 13.8 Å². The van der Waals surface area contributed by atoms with Gasteiger partial charge in [-0.05, 0) is 39.2 Å². The Hall–Kier alpha value is -1.10. The highest BCUT2D eigenvalue weighted by Gasteiger charge is 2.39. The average molecular weight is 269 g/mol. The van der Waals surface area contributed by atoms with Crippen LogP contribution in [0.5, 0.6) is 0 Å². The van der Waals surface area contributed by atoms with E-state index in [1.165, 1.54) is 0 Å². The first-order valence-electron chi connectivity index (χ1n) is 7.34. The molecule has 1 unspecified atom stereocenters. The molecule has 1 saturated heterocycles. The standard InChI is InChI=1S/C14H27N3O2/c1-4-8-15-12(18)11-17(10-5-2)13(19)14(3)7-6-9-16-14/h16H,4-11H2,1-3H3,(H,15,18). The summed E-state index contributed by atoms with van der Waals surface area (Å²) >= 11 is 0. The van der Waals surface area contributed by atoms with E-state index in [9.17, 15) is 9.59 Å². The lowest BCUT2D eigenvalue weighted by Gasteiger charge is -2.31. The first-order chi connectivity index (χ1) is 9.03. The predicted octanol–water partition coefficient (Wildman–Crippen LogP) is 0.893. The van der Waals surface area contributed by atoms with Crippen LogP contribution in [-0.4, -0.2) is 48.4 Å². The second kappa shape index (κ2) is 7.48. The van der Waals surface area contributed by atoms with Crippen molar-refractivity contribution in [2.45, 2.75) is 52.0 Å². The van der Waals surface area contributed by atoms with Gasteiger partial charge in [0, 0.05) is 13.1 Å². The largest absolute Gasteiger partial charge is 0.355 e. The fourth-order valence-corrected chi connectivity index (χ4v) is 2.44. The van der Waals surface area contributed by atoms with Crippen molar-refractivity contribution < 1.29 is 9.59 Å². The van der Waals surface area contributed by atoms with Crippen LogP contribution in [0.1, 0.15) is 46.5 Å². The Bertz CT molecular complexity index is 312. The molecular weight excluding hydrogens is 242 g/mol. The van der Waals surface area contributed by atoms with Crippen molar-refractivity contribution in [1.82, 2.24) is 15.5 Å². The number of amides is 2. The quantitative estimate of drug-likeness (QED) is 0.721. The molecular formula is C14H27N3O2. The zero-order chi connectivity index (χ0) is 14.3. The molecule has 1 heterocycles. The van der Waals surface area contributed by atoms with Gasteiger partial charge in [0.05, 0.1) is 12.1 Å². The summed E-state index contributed by atoms with van der Waals surface area (Å²) in [4.78, 5) is 26.0. The highest BCUT2D eigenvalue weighted by Crippen LogP contribution is 2.21. The van der Waals surface area contributed by atoms with E-state index in [1.54, 1.807) is 4.90 Å². The normalized spacial score (nSPS) is 22.3. The lowest BCUT2D eigenvalue weighted by molar-refractivity contribution is -0.140. The van der Waals surface area contributed by atoms with Gasteiger partial charge in [0.1, 0.15) is 0 Å². The van der Waals surface area contributed by atoms with Gasteiger partial charge in [-0.3, -0.25) is 9.59 Å². The summed E-state index contributed by atoms with van der Waals surface area (Å²) in [6.07, 6.45) is 3.64. The van der Waals surface area contributed by atoms with E-state index in [2.05, 4.69) is 10.6 Å². The topological polar surface area (TPSA) is 61.4 Å². The van der Waals surface area contributed by atoms with Crippen molar-refractivity contribution in [3.05, 3.63) is 0 Å². The lowest BCUT2D eigenvalue weighted by atomic mass is 9.98. The van der Waals surface area contributed by atoms with Gasteiger partial charge in [-0.2, -0.15) is 0 Å². The van der Waals surface area contributed by atoms with E-state index in [1.807, 2.05) is 20.8 Å². The molecule has 0 aromatic heterocycles. The van der Waals surface area contributed by atoms with E-state index < -0.39 is 5.54 Å². The van der Waals surface area contributed by atoms with Gasteiger partial charge in [0.25, 0.3) is 0 Å². The van der Waals surface area contributed by atoms with Crippen LogP contribution in [0.3, 0.4) is 0 Å². The minimum atomic E-state index is -0.486. The average Bonchev–Trinajstić information content (AvgIpc) is 2.83. The van der Waals surface area contributed by atoms with E-state index >= 15 is 0 Å². The molecule has 0 aromatic rings. The van der Waals surface area contributed by atoms with Crippen LogP contribution >= 0.6 is 0 Å². The van der Waals surface area contributed by atoms with Crippen LogP contribution in [0.25, 0.3) is 0 Å². The Morgan fingerprint density at radius 1 is 1.32 bits per heavy atom. The van der Waals surface area contributed by atoms with Gasteiger partial charge < -0.3 is 15.5 Å². The highest BCUT2D eigenvalue weighted by molar-refractivity contribution is 5.90. The highest BCUT2D eigenvalue weighted by atomic mass is 16.2. The maximum Gasteiger partial charge on any atom is 0.243 e. The SMILES string of the molecule is CCCNC(=O)CN(CCC)C(=O)C1(C)CCCN1. The number of hydrogen-bond donors (Lipinski definition) is 2. The molecule has 5 heteroatoms.